The number of carboxylic acids is 1. The molecule has 0 aliphatic rings. The maximum absolute atomic E-state index is 10.3. The molecular weight excluding hydrogens is 169 g/mol. The minimum atomic E-state index is -1.28. The first-order valence-corrected chi connectivity index (χ1v) is 2.96. The second-order valence-corrected chi connectivity index (χ2v) is 1.85. The van der Waals surface area contributed by atoms with E-state index in [0.717, 1.165) is 0 Å². The third-order valence-electron chi connectivity index (χ3n) is 1.18. The van der Waals surface area contributed by atoms with E-state index in [0.29, 0.717) is 0 Å². The van der Waals surface area contributed by atoms with Gasteiger partial charge in [0, 0.05) is 6.20 Å². The van der Waals surface area contributed by atoms with Crippen LogP contribution in [0.15, 0.2) is 18.3 Å². The number of carbonyl (C=O) groups is 1. The number of carbonyl (C=O) groups excluding carboxylic acids is 1. The largest absolute Gasteiger partial charge is 1.00 e. The van der Waals surface area contributed by atoms with Crippen LogP contribution < -0.4 is 39.4 Å². The summed E-state index contributed by atoms with van der Waals surface area (Å²) in [4.78, 5) is 14.0. The van der Waals surface area contributed by atoms with Crippen LogP contribution in [-0.2, 0) is 0 Å². The summed E-state index contributed by atoms with van der Waals surface area (Å²) >= 11 is 0. The van der Waals surface area contributed by atoms with Gasteiger partial charge in [-0.25, -0.2) is 4.98 Å². The number of aromatic nitrogens is 1. The molecule has 1 aromatic heterocycles. The molecule has 0 aromatic carbocycles. The number of rotatable bonds is 2. The molecule has 1 rings (SSSR count). The van der Waals surface area contributed by atoms with Crippen molar-refractivity contribution in [1.82, 2.24) is 4.98 Å². The molecule has 0 aliphatic carbocycles. The molecule has 0 aliphatic heterocycles. The van der Waals surface area contributed by atoms with Gasteiger partial charge in [-0.3, -0.25) is 0 Å². The Morgan fingerprint density at radius 1 is 1.67 bits per heavy atom. The van der Waals surface area contributed by atoms with Crippen LogP contribution in [0.4, 0.5) is 0 Å². The summed E-state index contributed by atoms with van der Waals surface area (Å²) in [5, 5.41) is 10.3. The van der Waals surface area contributed by atoms with E-state index in [9.17, 15) is 9.90 Å². The van der Waals surface area contributed by atoms with Crippen LogP contribution in [-0.4, -0.2) is 18.1 Å². The van der Waals surface area contributed by atoms with Crippen molar-refractivity contribution in [2.75, 3.05) is 7.11 Å². The van der Waals surface area contributed by atoms with Gasteiger partial charge in [-0.05, 0) is 12.1 Å². The topological polar surface area (TPSA) is 62.2 Å². The number of ether oxygens (including phenoxy) is 1. The number of aromatic carboxylic acids is 1. The zero-order chi connectivity index (χ0) is 8.27. The van der Waals surface area contributed by atoms with Crippen LogP contribution in [0.25, 0.3) is 0 Å². The first-order chi connectivity index (χ1) is 5.25. The molecule has 0 unspecified atom stereocenters. The van der Waals surface area contributed by atoms with E-state index in [1.807, 2.05) is 0 Å². The number of nitrogens with zero attached hydrogens (tertiary/aromatic N) is 1. The second-order valence-electron chi connectivity index (χ2n) is 1.85. The van der Waals surface area contributed by atoms with Gasteiger partial charge in [0.15, 0.2) is 0 Å². The van der Waals surface area contributed by atoms with Crippen molar-refractivity contribution >= 4 is 5.97 Å². The Balaban J connectivity index is 0.00000121. The Labute approximate surface area is 91.9 Å². The molecule has 0 bridgehead atoms. The van der Waals surface area contributed by atoms with Crippen molar-refractivity contribution in [2.45, 2.75) is 0 Å². The van der Waals surface area contributed by atoms with Crippen LogP contribution in [0, 0.1) is 0 Å². The molecule has 1 heterocycles. The molecule has 5 heteroatoms. The predicted octanol–water partition coefficient (Wildman–Crippen LogP) is -3.54. The molecule has 4 nitrogen and oxygen atoms in total. The molecule has 0 saturated carbocycles. The third-order valence-corrected chi connectivity index (χ3v) is 1.18. The Bertz CT molecular complexity index is 277. The molecule has 0 spiro atoms. The molecule has 12 heavy (non-hydrogen) atoms. The normalized spacial score (nSPS) is 8.42. The van der Waals surface area contributed by atoms with Gasteiger partial charge in [-0.1, -0.05) is 0 Å². The van der Waals surface area contributed by atoms with E-state index in [1.165, 1.54) is 25.4 Å². The van der Waals surface area contributed by atoms with E-state index in [-0.39, 0.29) is 41.0 Å². The molecule has 0 fully saturated rings. The summed E-state index contributed by atoms with van der Waals surface area (Å²) in [6.45, 7) is 0. The summed E-state index contributed by atoms with van der Waals surface area (Å²) in [7, 11) is 1.36. The second kappa shape index (κ2) is 5.13. The molecular formula is C7H6NNaO3. The Hall–Kier alpha value is -0.580. The number of hydrogen-bond donors (Lipinski definition) is 0. The fourth-order valence-corrected chi connectivity index (χ4v) is 0.709. The smallest absolute Gasteiger partial charge is 0.545 e. The van der Waals surface area contributed by atoms with E-state index < -0.39 is 5.97 Å². The zero-order valence-corrected chi connectivity index (χ0v) is 8.90. The van der Waals surface area contributed by atoms with Gasteiger partial charge >= 0.3 is 29.6 Å². The standard InChI is InChI=1S/C7H7NO3.Na/c1-11-6-5(7(9)10)3-2-4-8-6;/h2-4H,1H3,(H,9,10);/q;+1/p-1. The van der Waals surface area contributed by atoms with Crippen molar-refractivity contribution in [3.8, 4) is 5.88 Å². The summed E-state index contributed by atoms with van der Waals surface area (Å²) in [5.41, 5.74) is -0.0324. The molecule has 0 N–H and O–H groups in total. The Morgan fingerprint density at radius 2 is 2.33 bits per heavy atom. The summed E-state index contributed by atoms with van der Waals surface area (Å²) in [5.74, 6) is -1.21. The van der Waals surface area contributed by atoms with Gasteiger partial charge in [-0.2, -0.15) is 0 Å². The van der Waals surface area contributed by atoms with E-state index in [1.54, 1.807) is 0 Å². The van der Waals surface area contributed by atoms with Gasteiger partial charge in [-0.15, -0.1) is 0 Å². The fraction of sp³-hybridized carbons (Fsp3) is 0.143. The van der Waals surface area contributed by atoms with E-state index in [2.05, 4.69) is 9.72 Å². The average Bonchev–Trinajstić information content (AvgIpc) is 2.04. The molecule has 1 aromatic rings. The number of pyridine rings is 1. The SMILES string of the molecule is COc1ncccc1C(=O)[O-].[Na+]. The maximum Gasteiger partial charge on any atom is 1.00 e. The number of carboxylic acid groups (broad SMARTS) is 1. The van der Waals surface area contributed by atoms with Gasteiger partial charge in [0.05, 0.1) is 18.6 Å². The number of hydrogen-bond acceptors (Lipinski definition) is 4. The van der Waals surface area contributed by atoms with Crippen molar-refractivity contribution < 1.29 is 44.2 Å². The average molecular weight is 175 g/mol. The fourth-order valence-electron chi connectivity index (χ4n) is 0.709. The van der Waals surface area contributed by atoms with Crippen LogP contribution in [0.5, 0.6) is 5.88 Å². The van der Waals surface area contributed by atoms with Crippen LogP contribution in [0.3, 0.4) is 0 Å². The van der Waals surface area contributed by atoms with Gasteiger partial charge in [0.2, 0.25) is 5.88 Å². The van der Waals surface area contributed by atoms with Crippen molar-refractivity contribution in [1.29, 1.82) is 0 Å². The van der Waals surface area contributed by atoms with Gasteiger partial charge in [0.1, 0.15) is 0 Å². The summed E-state index contributed by atoms with van der Waals surface area (Å²) < 4.78 is 4.67. The van der Waals surface area contributed by atoms with Crippen molar-refractivity contribution in [3.05, 3.63) is 23.9 Å². The minimum absolute atomic E-state index is 0. The molecule has 58 valence electrons. The summed E-state index contributed by atoms with van der Waals surface area (Å²) in [6, 6.07) is 2.88. The third kappa shape index (κ3) is 2.48. The van der Waals surface area contributed by atoms with Crippen molar-refractivity contribution in [3.63, 3.8) is 0 Å². The molecule has 0 saturated heterocycles. The van der Waals surface area contributed by atoms with Crippen LogP contribution in [0.1, 0.15) is 10.4 Å². The first kappa shape index (κ1) is 11.4. The maximum atomic E-state index is 10.3. The molecule has 0 amide bonds. The minimum Gasteiger partial charge on any atom is -0.545 e. The van der Waals surface area contributed by atoms with Crippen LogP contribution in [0.2, 0.25) is 0 Å². The van der Waals surface area contributed by atoms with E-state index >= 15 is 0 Å². The zero-order valence-electron chi connectivity index (χ0n) is 6.90. The van der Waals surface area contributed by atoms with Gasteiger partial charge in [0.25, 0.3) is 0 Å². The van der Waals surface area contributed by atoms with Crippen LogP contribution >= 0.6 is 0 Å². The van der Waals surface area contributed by atoms with Crippen molar-refractivity contribution in [2.24, 2.45) is 0 Å². The Morgan fingerprint density at radius 3 is 2.75 bits per heavy atom. The molecule has 0 radical (unpaired) electrons. The Kier molecular flexibility index (Phi) is 4.89. The van der Waals surface area contributed by atoms with Gasteiger partial charge < -0.3 is 14.6 Å². The quantitative estimate of drug-likeness (QED) is 0.437. The first-order valence-electron chi connectivity index (χ1n) is 2.96. The predicted molar refractivity (Wildman–Crippen MR) is 35.1 cm³/mol. The number of methoxy groups -OCH3 is 1. The monoisotopic (exact) mass is 175 g/mol. The summed E-state index contributed by atoms with van der Waals surface area (Å²) in [6.07, 6.45) is 1.45. The molecule has 0 atom stereocenters. The van der Waals surface area contributed by atoms with E-state index in [4.69, 9.17) is 0 Å².